The van der Waals surface area contributed by atoms with Crippen LogP contribution in [-0.2, 0) is 11.3 Å². The van der Waals surface area contributed by atoms with E-state index in [9.17, 15) is 4.79 Å². The maximum atomic E-state index is 13.4. The Morgan fingerprint density at radius 3 is 2.80 bits per heavy atom. The maximum absolute atomic E-state index is 13.4. The quantitative estimate of drug-likeness (QED) is 0.575. The number of morpholine rings is 1. The second kappa shape index (κ2) is 9.11. The molecule has 3 aromatic rings. The van der Waals surface area contributed by atoms with E-state index in [1.807, 2.05) is 42.8 Å². The van der Waals surface area contributed by atoms with Crippen molar-refractivity contribution in [1.29, 1.82) is 0 Å². The first-order valence-corrected chi connectivity index (χ1v) is 11.0. The molecule has 160 valence electrons. The highest BCUT2D eigenvalue weighted by Gasteiger charge is 2.25. The fourth-order valence-corrected chi connectivity index (χ4v) is 4.58. The molecule has 0 N–H and O–H groups in total. The van der Waals surface area contributed by atoms with Crippen molar-refractivity contribution >= 4 is 32.6 Å². The van der Waals surface area contributed by atoms with Gasteiger partial charge in [0.2, 0.25) is 0 Å². The lowest BCUT2D eigenvalue weighted by Gasteiger charge is -2.29. The number of amides is 1. The monoisotopic (exact) mass is 429 g/mol. The fraction of sp³-hybridized carbons (Fsp3) is 0.476. The van der Waals surface area contributed by atoms with Crippen molar-refractivity contribution in [2.24, 2.45) is 0 Å². The average Bonchev–Trinajstić information content (AvgIpc) is 3.36. The van der Waals surface area contributed by atoms with Crippen molar-refractivity contribution in [3.63, 3.8) is 0 Å². The number of thiazole rings is 1. The van der Waals surface area contributed by atoms with Gasteiger partial charge in [0.15, 0.2) is 10.8 Å². The Morgan fingerprint density at radius 2 is 2.10 bits per heavy atom. The molecule has 1 saturated heterocycles. The number of methoxy groups -OCH3 is 1. The number of anilines is 1. The van der Waals surface area contributed by atoms with Gasteiger partial charge < -0.3 is 9.47 Å². The number of aryl methyl sites for hydroxylation is 2. The molecule has 1 aromatic carbocycles. The van der Waals surface area contributed by atoms with E-state index in [2.05, 4.69) is 10.00 Å². The molecule has 1 aliphatic heterocycles. The number of hydrogen-bond donors (Lipinski definition) is 0. The summed E-state index contributed by atoms with van der Waals surface area (Å²) in [6.45, 7) is 9.25. The third-order valence-electron chi connectivity index (χ3n) is 5.30. The highest BCUT2D eigenvalue weighted by atomic mass is 32.1. The number of carbonyl (C=O) groups excluding carboxylic acids is 1. The third kappa shape index (κ3) is 4.33. The van der Waals surface area contributed by atoms with E-state index < -0.39 is 0 Å². The van der Waals surface area contributed by atoms with Gasteiger partial charge in [-0.3, -0.25) is 19.3 Å². The molecule has 0 spiro atoms. The Hall–Kier alpha value is -2.49. The zero-order valence-electron chi connectivity index (χ0n) is 17.6. The number of rotatable bonds is 7. The van der Waals surface area contributed by atoms with Gasteiger partial charge in [0, 0.05) is 38.4 Å². The molecular weight excluding hydrogens is 402 g/mol. The second-order valence-electron chi connectivity index (χ2n) is 7.23. The van der Waals surface area contributed by atoms with Crippen LogP contribution in [0.4, 0.5) is 5.13 Å². The first-order valence-electron chi connectivity index (χ1n) is 10.2. The Bertz CT molecular complexity index is 1020. The molecule has 0 bridgehead atoms. The predicted molar refractivity (Wildman–Crippen MR) is 118 cm³/mol. The number of aromatic nitrogens is 3. The van der Waals surface area contributed by atoms with E-state index in [4.69, 9.17) is 14.5 Å². The normalized spacial score (nSPS) is 14.9. The van der Waals surface area contributed by atoms with Crippen LogP contribution in [0, 0.1) is 6.92 Å². The average molecular weight is 430 g/mol. The van der Waals surface area contributed by atoms with E-state index in [1.54, 1.807) is 12.0 Å². The zero-order chi connectivity index (χ0) is 21.1. The summed E-state index contributed by atoms with van der Waals surface area (Å²) in [6.07, 6.45) is 0. The summed E-state index contributed by atoms with van der Waals surface area (Å²) in [4.78, 5) is 22.3. The lowest BCUT2D eigenvalue weighted by atomic mass is 10.3. The van der Waals surface area contributed by atoms with Gasteiger partial charge in [-0.1, -0.05) is 11.3 Å². The minimum atomic E-state index is -0.121. The van der Waals surface area contributed by atoms with E-state index >= 15 is 0 Å². The Kier molecular flexibility index (Phi) is 6.31. The summed E-state index contributed by atoms with van der Waals surface area (Å²) in [5.74, 6) is 0.658. The zero-order valence-corrected chi connectivity index (χ0v) is 18.4. The molecule has 0 radical (unpaired) electrons. The van der Waals surface area contributed by atoms with Crippen LogP contribution in [-0.4, -0.2) is 72.1 Å². The van der Waals surface area contributed by atoms with Crippen LogP contribution >= 0.6 is 11.3 Å². The van der Waals surface area contributed by atoms with Crippen LogP contribution in [0.25, 0.3) is 10.2 Å². The van der Waals surface area contributed by atoms with Crippen LogP contribution in [0.3, 0.4) is 0 Å². The van der Waals surface area contributed by atoms with Gasteiger partial charge in [0.1, 0.15) is 5.75 Å². The number of fused-ring (bicyclic) bond motifs is 1. The number of benzene rings is 1. The molecule has 9 heteroatoms. The largest absolute Gasteiger partial charge is 0.497 e. The summed E-state index contributed by atoms with van der Waals surface area (Å²) in [7, 11) is 1.65. The summed E-state index contributed by atoms with van der Waals surface area (Å²) >= 11 is 1.50. The maximum Gasteiger partial charge on any atom is 0.280 e. The fourth-order valence-electron chi connectivity index (χ4n) is 3.56. The Morgan fingerprint density at radius 1 is 1.30 bits per heavy atom. The SMILES string of the molecule is CCn1nc(C(=O)N(CCN2CCOCC2)c2nc3ccc(OC)cc3s2)cc1C. The van der Waals surface area contributed by atoms with Gasteiger partial charge >= 0.3 is 0 Å². The van der Waals surface area contributed by atoms with Crippen molar-refractivity contribution in [3.8, 4) is 5.75 Å². The summed E-state index contributed by atoms with van der Waals surface area (Å²) in [5.41, 5.74) is 2.28. The van der Waals surface area contributed by atoms with Gasteiger partial charge in [-0.2, -0.15) is 5.10 Å². The van der Waals surface area contributed by atoms with Gasteiger partial charge in [-0.15, -0.1) is 0 Å². The summed E-state index contributed by atoms with van der Waals surface area (Å²) < 4.78 is 13.6. The molecule has 0 atom stereocenters. The molecule has 30 heavy (non-hydrogen) atoms. The highest BCUT2D eigenvalue weighted by molar-refractivity contribution is 7.22. The van der Waals surface area contributed by atoms with Crippen LogP contribution < -0.4 is 9.64 Å². The van der Waals surface area contributed by atoms with Gasteiger partial charge in [0.25, 0.3) is 5.91 Å². The van der Waals surface area contributed by atoms with Gasteiger partial charge in [-0.25, -0.2) is 4.98 Å². The van der Waals surface area contributed by atoms with Crippen LogP contribution in [0.1, 0.15) is 23.1 Å². The smallest absolute Gasteiger partial charge is 0.280 e. The van der Waals surface area contributed by atoms with Crippen molar-refractivity contribution < 1.29 is 14.3 Å². The summed E-state index contributed by atoms with van der Waals surface area (Å²) in [6, 6.07) is 7.62. The van der Waals surface area contributed by atoms with Gasteiger partial charge in [0.05, 0.1) is 30.5 Å². The van der Waals surface area contributed by atoms with E-state index in [0.717, 1.165) is 61.1 Å². The minimum absolute atomic E-state index is 0.121. The second-order valence-corrected chi connectivity index (χ2v) is 8.24. The molecule has 1 aliphatic rings. The van der Waals surface area contributed by atoms with Crippen molar-refractivity contribution in [2.75, 3.05) is 51.4 Å². The molecule has 0 unspecified atom stereocenters. The van der Waals surface area contributed by atoms with Crippen LogP contribution in [0.5, 0.6) is 5.75 Å². The standard InChI is InChI=1S/C21H27N5O3S/c1-4-26-15(2)13-18(23-26)20(27)25(8-7-24-9-11-29-12-10-24)21-22-17-6-5-16(28-3)14-19(17)30-21/h5-6,13-14H,4,7-12H2,1-3H3. The van der Waals surface area contributed by atoms with Gasteiger partial charge in [-0.05, 0) is 38.1 Å². The number of carbonyl (C=O) groups is 1. The number of nitrogens with zero attached hydrogens (tertiary/aromatic N) is 5. The molecular formula is C21H27N5O3S. The Balaban J connectivity index is 1.64. The lowest BCUT2D eigenvalue weighted by Crippen LogP contribution is -2.43. The lowest BCUT2D eigenvalue weighted by molar-refractivity contribution is 0.0391. The number of ether oxygens (including phenoxy) is 2. The molecule has 8 nitrogen and oxygen atoms in total. The topological polar surface area (TPSA) is 72.7 Å². The van der Waals surface area contributed by atoms with Crippen molar-refractivity contribution in [2.45, 2.75) is 20.4 Å². The molecule has 1 fully saturated rings. The highest BCUT2D eigenvalue weighted by Crippen LogP contribution is 2.32. The molecule has 2 aromatic heterocycles. The molecule has 0 saturated carbocycles. The molecule has 0 aliphatic carbocycles. The van der Waals surface area contributed by atoms with Crippen LogP contribution in [0.2, 0.25) is 0 Å². The first-order chi connectivity index (χ1) is 14.6. The molecule has 1 amide bonds. The molecule has 4 rings (SSSR count). The van der Waals surface area contributed by atoms with E-state index in [1.165, 1.54) is 11.3 Å². The minimum Gasteiger partial charge on any atom is -0.497 e. The van der Waals surface area contributed by atoms with E-state index in [0.29, 0.717) is 17.4 Å². The Labute approximate surface area is 180 Å². The van der Waals surface area contributed by atoms with Crippen molar-refractivity contribution in [3.05, 3.63) is 35.7 Å². The molecule has 3 heterocycles. The van der Waals surface area contributed by atoms with Crippen LogP contribution in [0.15, 0.2) is 24.3 Å². The van der Waals surface area contributed by atoms with Crippen molar-refractivity contribution in [1.82, 2.24) is 19.7 Å². The predicted octanol–water partition coefficient (Wildman–Crippen LogP) is 2.81. The first kappa shape index (κ1) is 20.8. The summed E-state index contributed by atoms with van der Waals surface area (Å²) in [5, 5.41) is 5.18. The number of hydrogen-bond acceptors (Lipinski definition) is 7. The third-order valence-corrected chi connectivity index (χ3v) is 6.34. The van der Waals surface area contributed by atoms with E-state index in [-0.39, 0.29) is 5.91 Å².